The lowest BCUT2D eigenvalue weighted by molar-refractivity contribution is -0.139. The Labute approximate surface area is 159 Å². The second kappa shape index (κ2) is 9.62. The Morgan fingerprint density at radius 1 is 1.11 bits per heavy atom. The lowest BCUT2D eigenvalue weighted by Gasteiger charge is -2.16. The number of nitrogens with one attached hydrogen (secondary N) is 1. The number of hydrogen-bond donors (Lipinski definition) is 2. The minimum absolute atomic E-state index is 0.0695. The molecule has 144 valence electrons. The van der Waals surface area contributed by atoms with Gasteiger partial charge in [0, 0.05) is 12.1 Å². The molecule has 27 heavy (non-hydrogen) atoms. The van der Waals surface area contributed by atoms with Crippen molar-refractivity contribution >= 4 is 17.6 Å². The van der Waals surface area contributed by atoms with Gasteiger partial charge in [-0.05, 0) is 60.7 Å². The molecule has 1 atom stereocenters. The number of rotatable bonds is 9. The van der Waals surface area contributed by atoms with Gasteiger partial charge in [-0.25, -0.2) is 4.79 Å². The molecule has 2 N–H and O–H groups in total. The molecule has 2 aromatic carbocycles. The Kier molecular flexibility index (Phi) is 7.23. The van der Waals surface area contributed by atoms with E-state index in [9.17, 15) is 9.59 Å². The molecule has 0 radical (unpaired) electrons. The van der Waals surface area contributed by atoms with Gasteiger partial charge in [-0.1, -0.05) is 19.1 Å². The molecule has 0 heterocycles. The van der Waals surface area contributed by atoms with Gasteiger partial charge in [-0.15, -0.1) is 0 Å². The number of aryl methyl sites for hydroxylation is 1. The van der Waals surface area contributed by atoms with E-state index in [0.717, 1.165) is 23.3 Å². The minimum Gasteiger partial charge on any atom is -0.497 e. The summed E-state index contributed by atoms with van der Waals surface area (Å²) in [6, 6.07) is 12.8. The van der Waals surface area contributed by atoms with Gasteiger partial charge in [0.05, 0.1) is 7.11 Å². The van der Waals surface area contributed by atoms with Crippen molar-refractivity contribution in [3.8, 4) is 11.5 Å². The molecule has 6 heteroatoms. The maximum atomic E-state index is 12.5. The number of aliphatic carboxylic acids is 1. The molecule has 0 bridgehead atoms. The fourth-order valence-corrected chi connectivity index (χ4v) is 2.81. The van der Waals surface area contributed by atoms with E-state index in [1.54, 1.807) is 25.3 Å². The van der Waals surface area contributed by atoms with Crippen LogP contribution in [-0.4, -0.2) is 30.7 Å². The monoisotopic (exact) mass is 371 g/mol. The van der Waals surface area contributed by atoms with Crippen LogP contribution in [0.3, 0.4) is 0 Å². The fraction of sp³-hybridized carbons (Fsp3) is 0.333. The number of ether oxygens (including phenoxy) is 2. The van der Waals surface area contributed by atoms with E-state index in [4.69, 9.17) is 14.6 Å². The number of methoxy groups -OCH3 is 1. The van der Waals surface area contributed by atoms with Gasteiger partial charge < -0.3 is 19.9 Å². The van der Waals surface area contributed by atoms with Crippen LogP contribution in [0.25, 0.3) is 0 Å². The number of carbonyl (C=O) groups is 2. The third kappa shape index (κ3) is 6.02. The molecule has 1 amide bonds. The van der Waals surface area contributed by atoms with Gasteiger partial charge in [0.25, 0.3) is 0 Å². The summed E-state index contributed by atoms with van der Waals surface area (Å²) in [5, 5.41) is 11.6. The maximum absolute atomic E-state index is 12.5. The van der Waals surface area contributed by atoms with Crippen LogP contribution in [0.5, 0.6) is 11.5 Å². The zero-order valence-electron chi connectivity index (χ0n) is 15.8. The average molecular weight is 371 g/mol. The van der Waals surface area contributed by atoms with E-state index in [1.165, 1.54) is 0 Å². The van der Waals surface area contributed by atoms with Crippen LogP contribution in [0.15, 0.2) is 42.5 Å². The van der Waals surface area contributed by atoms with Gasteiger partial charge >= 0.3 is 5.97 Å². The summed E-state index contributed by atoms with van der Waals surface area (Å²) >= 11 is 0. The highest BCUT2D eigenvalue weighted by molar-refractivity contribution is 5.92. The predicted molar refractivity (Wildman–Crippen MR) is 104 cm³/mol. The fourth-order valence-electron chi connectivity index (χ4n) is 2.81. The quantitative estimate of drug-likeness (QED) is 0.696. The van der Waals surface area contributed by atoms with Gasteiger partial charge in [0.15, 0.2) is 6.61 Å². The SMILES string of the molecule is CCC(CC(=O)Nc1ccc(OCC(=O)O)cc1C)c1ccc(OC)cc1. The number of carbonyl (C=O) groups excluding carboxylic acids is 1. The van der Waals surface area contributed by atoms with Crippen LogP contribution in [0.1, 0.15) is 36.8 Å². The first-order valence-corrected chi connectivity index (χ1v) is 8.82. The van der Waals surface area contributed by atoms with E-state index in [0.29, 0.717) is 17.9 Å². The van der Waals surface area contributed by atoms with Crippen molar-refractivity contribution in [2.75, 3.05) is 19.0 Å². The Hall–Kier alpha value is -3.02. The first-order chi connectivity index (χ1) is 12.9. The van der Waals surface area contributed by atoms with Crippen molar-refractivity contribution in [1.29, 1.82) is 0 Å². The van der Waals surface area contributed by atoms with Crippen molar-refractivity contribution in [1.82, 2.24) is 0 Å². The molecule has 2 rings (SSSR count). The van der Waals surface area contributed by atoms with E-state index in [2.05, 4.69) is 12.2 Å². The van der Waals surface area contributed by atoms with Crippen molar-refractivity contribution in [3.05, 3.63) is 53.6 Å². The third-order valence-electron chi connectivity index (χ3n) is 4.35. The van der Waals surface area contributed by atoms with Crippen molar-refractivity contribution in [3.63, 3.8) is 0 Å². The Morgan fingerprint density at radius 2 is 1.78 bits per heavy atom. The molecule has 0 fully saturated rings. The van der Waals surface area contributed by atoms with E-state index >= 15 is 0 Å². The summed E-state index contributed by atoms with van der Waals surface area (Å²) < 4.78 is 10.3. The maximum Gasteiger partial charge on any atom is 0.341 e. The van der Waals surface area contributed by atoms with Crippen LogP contribution in [0.4, 0.5) is 5.69 Å². The molecule has 1 unspecified atom stereocenters. The first-order valence-electron chi connectivity index (χ1n) is 8.82. The Balaban J connectivity index is 1.99. The minimum atomic E-state index is -1.03. The van der Waals surface area contributed by atoms with Crippen LogP contribution in [-0.2, 0) is 9.59 Å². The van der Waals surface area contributed by atoms with E-state index in [-0.39, 0.29) is 11.8 Å². The summed E-state index contributed by atoms with van der Waals surface area (Å²) in [5.74, 6) is 0.264. The molecule has 0 aromatic heterocycles. The normalized spacial score (nSPS) is 11.5. The molecule has 0 aliphatic rings. The molecule has 6 nitrogen and oxygen atoms in total. The molecule has 2 aromatic rings. The van der Waals surface area contributed by atoms with E-state index in [1.807, 2.05) is 31.2 Å². The number of carboxylic acid groups (broad SMARTS) is 1. The molecule has 0 saturated heterocycles. The van der Waals surface area contributed by atoms with Gasteiger partial charge in [-0.3, -0.25) is 4.79 Å². The Morgan fingerprint density at radius 3 is 2.33 bits per heavy atom. The van der Waals surface area contributed by atoms with Gasteiger partial charge in [-0.2, -0.15) is 0 Å². The molecule has 0 aliphatic carbocycles. The van der Waals surface area contributed by atoms with Gasteiger partial charge in [0.1, 0.15) is 11.5 Å². The lowest BCUT2D eigenvalue weighted by Crippen LogP contribution is -2.16. The smallest absolute Gasteiger partial charge is 0.341 e. The number of benzene rings is 2. The lowest BCUT2D eigenvalue weighted by atomic mass is 9.93. The topological polar surface area (TPSA) is 84.9 Å². The first kappa shape index (κ1) is 20.3. The standard InChI is InChI=1S/C21H25NO5/c1-4-15(16-5-7-17(26-3)8-6-16)12-20(23)22-19-10-9-18(11-14(19)2)27-13-21(24)25/h5-11,15H,4,12-13H2,1-3H3,(H,22,23)(H,24,25). The predicted octanol–water partition coefficient (Wildman–Crippen LogP) is 3.99. The molecule has 0 saturated carbocycles. The summed E-state index contributed by atoms with van der Waals surface area (Å²) in [5.41, 5.74) is 2.60. The number of hydrogen-bond acceptors (Lipinski definition) is 4. The molecular formula is C21H25NO5. The van der Waals surface area contributed by atoms with Crippen LogP contribution < -0.4 is 14.8 Å². The average Bonchev–Trinajstić information content (AvgIpc) is 2.66. The summed E-state index contributed by atoms with van der Waals surface area (Å²) in [6.45, 7) is 3.50. The highest BCUT2D eigenvalue weighted by Crippen LogP contribution is 2.27. The number of anilines is 1. The zero-order chi connectivity index (χ0) is 19.8. The highest BCUT2D eigenvalue weighted by atomic mass is 16.5. The summed E-state index contributed by atoms with van der Waals surface area (Å²) in [7, 11) is 1.63. The third-order valence-corrected chi connectivity index (χ3v) is 4.35. The van der Waals surface area contributed by atoms with Crippen molar-refractivity contribution in [2.45, 2.75) is 32.6 Å². The number of carboxylic acids is 1. The van der Waals surface area contributed by atoms with Crippen molar-refractivity contribution in [2.24, 2.45) is 0 Å². The summed E-state index contributed by atoms with van der Waals surface area (Å²) in [4.78, 5) is 23.1. The van der Waals surface area contributed by atoms with E-state index < -0.39 is 12.6 Å². The van der Waals surface area contributed by atoms with Crippen LogP contribution in [0, 0.1) is 6.92 Å². The van der Waals surface area contributed by atoms with Crippen LogP contribution >= 0.6 is 0 Å². The molecule has 0 spiro atoms. The highest BCUT2D eigenvalue weighted by Gasteiger charge is 2.15. The second-order valence-electron chi connectivity index (χ2n) is 6.29. The Bertz CT molecular complexity index is 786. The largest absolute Gasteiger partial charge is 0.497 e. The zero-order valence-corrected chi connectivity index (χ0v) is 15.8. The summed E-state index contributed by atoms with van der Waals surface area (Å²) in [6.07, 6.45) is 1.22. The number of amides is 1. The van der Waals surface area contributed by atoms with Gasteiger partial charge in [0.2, 0.25) is 5.91 Å². The van der Waals surface area contributed by atoms with Crippen LogP contribution in [0.2, 0.25) is 0 Å². The van der Waals surface area contributed by atoms with Crippen molar-refractivity contribution < 1.29 is 24.2 Å². The second-order valence-corrected chi connectivity index (χ2v) is 6.29. The molecule has 0 aliphatic heterocycles. The molecular weight excluding hydrogens is 346 g/mol.